The Kier molecular flexibility index (Phi) is 10.9. The number of hydrogen-bond donors (Lipinski definition) is 3. The van der Waals surface area contributed by atoms with Gasteiger partial charge in [0.2, 0.25) is 14.7 Å². The third-order valence-electron chi connectivity index (χ3n) is 4.03. The molecule has 0 aromatic heterocycles. The van der Waals surface area contributed by atoms with Gasteiger partial charge in [0.05, 0.1) is 0 Å². The third kappa shape index (κ3) is 5.92. The van der Waals surface area contributed by atoms with Crippen molar-refractivity contribution in [2.45, 2.75) is 26.2 Å². The van der Waals surface area contributed by atoms with Crippen molar-refractivity contribution in [3.63, 3.8) is 0 Å². The first kappa shape index (κ1) is 27.3. The van der Waals surface area contributed by atoms with Gasteiger partial charge in [-0.05, 0) is 26.2 Å². The molecule has 2 atom stereocenters. The van der Waals surface area contributed by atoms with Crippen LogP contribution in [0.4, 0.5) is 0 Å². The molecule has 3 N–H and O–H groups in total. The predicted molar refractivity (Wildman–Crippen MR) is 117 cm³/mol. The summed E-state index contributed by atoms with van der Waals surface area (Å²) in [7, 11) is -10.2. The van der Waals surface area contributed by atoms with Crippen LogP contribution < -0.4 is 0 Å². The highest BCUT2D eigenvalue weighted by Crippen LogP contribution is 2.32. The van der Waals surface area contributed by atoms with E-state index in [-0.39, 0.29) is 0 Å². The summed E-state index contributed by atoms with van der Waals surface area (Å²) in [5.41, 5.74) is 0. The summed E-state index contributed by atoms with van der Waals surface area (Å²) in [6, 6.07) is 0. The van der Waals surface area contributed by atoms with Crippen molar-refractivity contribution in [2.24, 2.45) is 0 Å². The highest BCUT2D eigenvalue weighted by atomic mass is 30.0. The van der Waals surface area contributed by atoms with E-state index in [0.717, 1.165) is 0 Å². The second-order valence-corrected chi connectivity index (χ2v) is 53.9. The van der Waals surface area contributed by atoms with Gasteiger partial charge in [-0.25, -0.2) is 0 Å². The van der Waals surface area contributed by atoms with E-state index in [2.05, 4.69) is 0 Å². The zero-order valence-electron chi connectivity index (χ0n) is 17.1. The molecule has 0 aliphatic rings. The van der Waals surface area contributed by atoms with Crippen LogP contribution in [0.3, 0.4) is 0 Å². The first-order valence-electron chi connectivity index (χ1n) is 7.97. The van der Waals surface area contributed by atoms with Gasteiger partial charge in [-0.2, -0.15) is 0 Å². The van der Waals surface area contributed by atoms with Crippen LogP contribution >= 0.6 is 0 Å². The lowest BCUT2D eigenvalue weighted by Gasteiger charge is -2.50. The van der Waals surface area contributed by atoms with E-state index in [1.54, 1.807) is 26.2 Å². The van der Waals surface area contributed by atoms with Gasteiger partial charge in [-0.3, -0.25) is 0 Å². The molecule has 0 aliphatic carbocycles. The molecule has 0 radical (unpaired) electrons. The van der Waals surface area contributed by atoms with Crippen LogP contribution in [-0.2, 0) is 30.0 Å². The van der Waals surface area contributed by atoms with Gasteiger partial charge in [0.15, 0.2) is 9.28 Å². The zero-order valence-corrected chi connectivity index (χ0v) is 26.9. The Balaban J connectivity index is 6.16. The topological polar surface area (TPSA) is 125 Å². The van der Waals surface area contributed by atoms with Crippen molar-refractivity contribution in [1.29, 1.82) is 0 Å². The molecule has 0 amide bonds. The Morgan fingerprint density at radius 3 is 1.54 bits per heavy atom. The first-order valence-corrected chi connectivity index (χ1v) is 28.8. The minimum atomic E-state index is -3.44. The fraction of sp³-hybridized carbons (Fsp3) is 1.00. The zero-order chi connectivity index (χ0) is 20.9. The molecular weight excluding hydrogens is 481 g/mol. The van der Waals surface area contributed by atoms with E-state index in [1.807, 2.05) is 0 Å². The van der Waals surface area contributed by atoms with Crippen LogP contribution in [0, 0.1) is 0 Å². The summed E-state index contributed by atoms with van der Waals surface area (Å²) in [6.07, 6.45) is 0. The van der Waals surface area contributed by atoms with Crippen molar-refractivity contribution in [3.05, 3.63) is 0 Å². The first-order chi connectivity index (χ1) is 11.8. The van der Waals surface area contributed by atoms with Gasteiger partial charge < -0.3 is 44.4 Å². The van der Waals surface area contributed by atoms with Crippen LogP contribution in [0.15, 0.2) is 0 Å². The van der Waals surface area contributed by atoms with Crippen LogP contribution in [0.1, 0.15) is 0 Å². The highest BCUT2D eigenvalue weighted by molar-refractivity contribution is 7.83. The van der Waals surface area contributed by atoms with Gasteiger partial charge in [0.25, 0.3) is 10.0 Å². The van der Waals surface area contributed by atoms with E-state index in [9.17, 15) is 14.4 Å². The summed E-state index contributed by atoms with van der Waals surface area (Å²) in [5.74, 6) is 0. The summed E-state index contributed by atoms with van der Waals surface area (Å²) >= 11 is 0. The molecule has 0 saturated heterocycles. The standard InChI is InChI=1S/C8H34O10Si8/c1-12-24(13-2,14-3)17-23(7,8)18-25(16-20-9,22(5,6)11)26(19,15-4)21-10/h9-11H,20-21H2,1-8,19H3. The molecule has 158 valence electrons. The maximum absolute atomic E-state index is 11.1. The molecular formula is C8H34O10Si8. The van der Waals surface area contributed by atoms with E-state index in [1.165, 1.54) is 28.4 Å². The Bertz CT molecular complexity index is 419. The lowest BCUT2D eigenvalue weighted by molar-refractivity contribution is 0.0407. The van der Waals surface area contributed by atoms with E-state index in [0.29, 0.717) is 9.76 Å². The van der Waals surface area contributed by atoms with E-state index >= 15 is 0 Å². The summed E-state index contributed by atoms with van der Waals surface area (Å²) in [4.78, 5) is 31.0. The maximum Gasteiger partial charge on any atom is 0.669 e. The average molecular weight is 515 g/mol. The second kappa shape index (κ2) is 10.4. The minimum Gasteiger partial charge on any atom is -0.439 e. The molecule has 0 fully saturated rings. The van der Waals surface area contributed by atoms with Gasteiger partial charge in [-0.15, -0.1) is 0 Å². The molecule has 0 bridgehead atoms. The van der Waals surface area contributed by atoms with Crippen molar-refractivity contribution in [1.82, 2.24) is 0 Å². The Morgan fingerprint density at radius 1 is 0.808 bits per heavy atom. The van der Waals surface area contributed by atoms with E-state index < -0.39 is 59.2 Å². The van der Waals surface area contributed by atoms with Gasteiger partial charge in [0, 0.05) is 38.2 Å². The molecule has 0 aromatic carbocycles. The van der Waals surface area contributed by atoms with Crippen LogP contribution in [0.2, 0.25) is 26.2 Å². The molecule has 0 aliphatic heterocycles. The van der Waals surface area contributed by atoms with Crippen molar-refractivity contribution < 1.29 is 44.4 Å². The maximum atomic E-state index is 11.1. The Morgan fingerprint density at radius 2 is 1.27 bits per heavy atom. The summed E-state index contributed by atoms with van der Waals surface area (Å²) in [6.45, 7) is 4.20. The summed E-state index contributed by atoms with van der Waals surface area (Å²) in [5, 5.41) is 0. The Labute approximate surface area is 167 Å². The second-order valence-electron chi connectivity index (χ2n) is 6.76. The minimum absolute atomic E-state index is 0.520. The molecule has 2 unspecified atom stereocenters. The van der Waals surface area contributed by atoms with Crippen LogP contribution in [0.25, 0.3) is 0 Å². The number of hydrogen-bond acceptors (Lipinski definition) is 10. The monoisotopic (exact) mass is 514 g/mol. The fourth-order valence-corrected chi connectivity index (χ4v) is 95.3. The molecule has 0 aromatic rings. The van der Waals surface area contributed by atoms with Gasteiger partial charge in [0.1, 0.15) is 0 Å². The molecule has 10 nitrogen and oxygen atoms in total. The van der Waals surface area contributed by atoms with Gasteiger partial charge >= 0.3 is 25.2 Å². The summed E-state index contributed by atoms with van der Waals surface area (Å²) < 4.78 is 40.2. The number of rotatable bonds is 13. The molecule has 0 rings (SSSR count). The predicted octanol–water partition coefficient (Wildman–Crippen LogP) is -4.07. The lowest BCUT2D eigenvalue weighted by Crippen LogP contribution is -2.85. The lowest BCUT2D eigenvalue weighted by atomic mass is 11.8. The van der Waals surface area contributed by atoms with Gasteiger partial charge in [-0.1, -0.05) is 0 Å². The normalized spacial score (nSPS) is 19.5. The van der Waals surface area contributed by atoms with Crippen LogP contribution in [-0.4, -0.2) is 112 Å². The SMILES string of the molecule is CO[Si](OC)(OC)O[Si](C)(C)O[Si](O[SiH2]O)([Si](C)(C)O)[Si]([SiH3])(OC)[SiH2]O. The fourth-order valence-electron chi connectivity index (χ4n) is 2.68. The van der Waals surface area contributed by atoms with E-state index in [4.69, 9.17) is 30.0 Å². The smallest absolute Gasteiger partial charge is 0.439 e. The van der Waals surface area contributed by atoms with Crippen molar-refractivity contribution in [2.75, 3.05) is 28.4 Å². The average Bonchev–Trinajstić information content (AvgIpc) is 2.57. The highest BCUT2D eigenvalue weighted by Gasteiger charge is 2.70. The molecule has 0 saturated carbocycles. The van der Waals surface area contributed by atoms with Crippen molar-refractivity contribution >= 4 is 69.0 Å². The van der Waals surface area contributed by atoms with Crippen LogP contribution in [0.5, 0.6) is 0 Å². The third-order valence-corrected chi connectivity index (χ3v) is 68.6. The molecule has 18 heteroatoms. The largest absolute Gasteiger partial charge is 0.669 e. The molecule has 26 heavy (non-hydrogen) atoms. The quantitative estimate of drug-likeness (QED) is 0.209. The molecule has 0 heterocycles. The Hall–Kier alpha value is 1.34. The van der Waals surface area contributed by atoms with Crippen molar-refractivity contribution in [3.8, 4) is 0 Å². The molecule has 0 spiro atoms.